The van der Waals surface area contributed by atoms with Crippen molar-refractivity contribution >= 4 is 0 Å². The largest absolute Gasteiger partial charge is 0.493 e. The smallest absolute Gasteiger partial charge is 0.203 e. The molecule has 21 heavy (non-hydrogen) atoms. The fourth-order valence-electron chi connectivity index (χ4n) is 2.43. The highest BCUT2D eigenvalue weighted by molar-refractivity contribution is 5.57. The Hall–Kier alpha value is -2.14. The van der Waals surface area contributed by atoms with Gasteiger partial charge in [0.2, 0.25) is 5.75 Å². The van der Waals surface area contributed by atoms with Gasteiger partial charge < -0.3 is 23.7 Å². The van der Waals surface area contributed by atoms with Gasteiger partial charge in [0.05, 0.1) is 21.3 Å². The predicted molar refractivity (Wildman–Crippen MR) is 78.3 cm³/mol. The molecule has 1 heterocycles. The van der Waals surface area contributed by atoms with Crippen LogP contribution in [-0.4, -0.2) is 26.4 Å². The highest BCUT2D eigenvalue weighted by Gasteiger charge is 2.24. The van der Waals surface area contributed by atoms with Crippen LogP contribution in [0.2, 0.25) is 0 Å². The summed E-state index contributed by atoms with van der Waals surface area (Å²) >= 11 is 0. The Morgan fingerprint density at radius 2 is 1.62 bits per heavy atom. The zero-order valence-corrected chi connectivity index (χ0v) is 12.9. The molecule has 2 rings (SSSR count). The van der Waals surface area contributed by atoms with Gasteiger partial charge in [-0.2, -0.15) is 0 Å². The van der Waals surface area contributed by atoms with E-state index in [4.69, 9.17) is 18.6 Å². The van der Waals surface area contributed by atoms with E-state index >= 15 is 0 Å². The van der Waals surface area contributed by atoms with Crippen molar-refractivity contribution in [2.75, 3.05) is 21.3 Å². The normalized spacial score (nSPS) is 12.1. The number of hydrogen-bond donors (Lipinski definition) is 1. The van der Waals surface area contributed by atoms with Crippen molar-refractivity contribution in [3.63, 3.8) is 0 Å². The minimum atomic E-state index is -0.864. The lowest BCUT2D eigenvalue weighted by molar-refractivity contribution is 0.210. The Balaban J connectivity index is 2.55. The van der Waals surface area contributed by atoms with Crippen molar-refractivity contribution in [3.8, 4) is 17.2 Å². The molecule has 2 aromatic rings. The van der Waals surface area contributed by atoms with Gasteiger partial charge in [0.15, 0.2) is 11.5 Å². The number of ether oxygens (including phenoxy) is 3. The highest BCUT2D eigenvalue weighted by atomic mass is 16.5. The van der Waals surface area contributed by atoms with Gasteiger partial charge in [-0.25, -0.2) is 0 Å². The summed E-state index contributed by atoms with van der Waals surface area (Å²) in [6.45, 7) is 3.66. The molecule has 0 spiro atoms. The van der Waals surface area contributed by atoms with E-state index in [-0.39, 0.29) is 0 Å². The fraction of sp³-hybridized carbons (Fsp3) is 0.375. The van der Waals surface area contributed by atoms with Crippen molar-refractivity contribution in [2.24, 2.45) is 0 Å². The van der Waals surface area contributed by atoms with Gasteiger partial charge in [0, 0.05) is 11.1 Å². The van der Waals surface area contributed by atoms with Gasteiger partial charge in [0.25, 0.3) is 0 Å². The summed E-state index contributed by atoms with van der Waals surface area (Å²) in [6.07, 6.45) is -0.864. The number of aliphatic hydroxyl groups excluding tert-OH is 1. The molecular formula is C16H20O5. The molecule has 0 aliphatic rings. The molecule has 0 saturated carbocycles. The van der Waals surface area contributed by atoms with Crippen molar-refractivity contribution < 1.29 is 23.7 Å². The summed E-state index contributed by atoms with van der Waals surface area (Å²) in [4.78, 5) is 0. The van der Waals surface area contributed by atoms with Gasteiger partial charge in [-0.05, 0) is 32.0 Å². The maximum atomic E-state index is 10.6. The molecule has 0 aliphatic carbocycles. The van der Waals surface area contributed by atoms with E-state index in [1.807, 2.05) is 19.9 Å². The number of rotatable bonds is 5. The third-order valence-corrected chi connectivity index (χ3v) is 3.40. The van der Waals surface area contributed by atoms with Crippen LogP contribution >= 0.6 is 0 Å². The zero-order chi connectivity index (χ0) is 15.6. The van der Waals surface area contributed by atoms with Crippen LogP contribution in [0.1, 0.15) is 28.8 Å². The lowest BCUT2D eigenvalue weighted by Gasteiger charge is -2.18. The number of aryl methyl sites for hydroxylation is 2. The van der Waals surface area contributed by atoms with E-state index in [9.17, 15) is 5.11 Å². The molecule has 1 atom stereocenters. The van der Waals surface area contributed by atoms with Crippen LogP contribution in [0.3, 0.4) is 0 Å². The van der Waals surface area contributed by atoms with Gasteiger partial charge in [-0.3, -0.25) is 0 Å². The van der Waals surface area contributed by atoms with Gasteiger partial charge in [0.1, 0.15) is 17.6 Å². The van der Waals surface area contributed by atoms with Crippen molar-refractivity contribution in [1.29, 1.82) is 0 Å². The molecule has 5 heteroatoms. The van der Waals surface area contributed by atoms with Gasteiger partial charge >= 0.3 is 0 Å². The average Bonchev–Trinajstić information content (AvgIpc) is 2.83. The summed E-state index contributed by atoms with van der Waals surface area (Å²) < 4.78 is 21.5. The molecular weight excluding hydrogens is 272 g/mol. The Kier molecular flexibility index (Phi) is 4.43. The Labute approximate surface area is 124 Å². The quantitative estimate of drug-likeness (QED) is 0.918. The number of aliphatic hydroxyl groups is 1. The second-order valence-electron chi connectivity index (χ2n) is 4.69. The predicted octanol–water partition coefficient (Wildman–Crippen LogP) is 3.00. The van der Waals surface area contributed by atoms with Gasteiger partial charge in [-0.15, -0.1) is 0 Å². The highest BCUT2D eigenvalue weighted by Crippen LogP contribution is 2.44. The number of hydrogen-bond acceptors (Lipinski definition) is 5. The lowest BCUT2D eigenvalue weighted by Crippen LogP contribution is -2.05. The first-order chi connectivity index (χ1) is 10.0. The van der Waals surface area contributed by atoms with Crippen LogP contribution in [0.25, 0.3) is 0 Å². The Morgan fingerprint density at radius 1 is 0.952 bits per heavy atom. The SMILES string of the molecule is COc1ccc(C(O)c2cc(C)oc2C)c(OC)c1OC. The fourth-order valence-corrected chi connectivity index (χ4v) is 2.43. The van der Waals surface area contributed by atoms with E-state index in [0.717, 1.165) is 5.76 Å². The van der Waals surface area contributed by atoms with E-state index < -0.39 is 6.10 Å². The molecule has 1 unspecified atom stereocenters. The van der Waals surface area contributed by atoms with Crippen molar-refractivity contribution in [3.05, 3.63) is 40.8 Å². The van der Waals surface area contributed by atoms with Crippen LogP contribution in [0.15, 0.2) is 22.6 Å². The third kappa shape index (κ3) is 2.69. The van der Waals surface area contributed by atoms with E-state index in [1.165, 1.54) is 14.2 Å². The standard InChI is InChI=1S/C16H20O5/c1-9-8-12(10(2)21-9)14(17)11-6-7-13(18-3)16(20-5)15(11)19-4/h6-8,14,17H,1-5H3. The summed E-state index contributed by atoms with van der Waals surface area (Å²) in [5.74, 6) is 2.88. The molecule has 5 nitrogen and oxygen atoms in total. The summed E-state index contributed by atoms with van der Waals surface area (Å²) in [5.41, 5.74) is 1.30. The molecule has 114 valence electrons. The second kappa shape index (κ2) is 6.10. The molecule has 1 N–H and O–H groups in total. The molecule has 1 aromatic carbocycles. The molecule has 0 aliphatic heterocycles. The first-order valence-electron chi connectivity index (χ1n) is 6.57. The lowest BCUT2D eigenvalue weighted by atomic mass is 10.00. The van der Waals surface area contributed by atoms with Crippen LogP contribution in [0, 0.1) is 13.8 Å². The van der Waals surface area contributed by atoms with Crippen LogP contribution < -0.4 is 14.2 Å². The molecule has 0 fully saturated rings. The van der Waals surface area contributed by atoms with Crippen molar-refractivity contribution in [2.45, 2.75) is 20.0 Å². The van der Waals surface area contributed by atoms with E-state index in [2.05, 4.69) is 0 Å². The van der Waals surface area contributed by atoms with Crippen LogP contribution in [0.5, 0.6) is 17.2 Å². The minimum Gasteiger partial charge on any atom is -0.493 e. The topological polar surface area (TPSA) is 61.1 Å². The summed E-state index contributed by atoms with van der Waals surface area (Å²) in [5, 5.41) is 10.6. The zero-order valence-electron chi connectivity index (χ0n) is 12.9. The number of methoxy groups -OCH3 is 3. The van der Waals surface area contributed by atoms with Crippen LogP contribution in [0.4, 0.5) is 0 Å². The molecule has 0 amide bonds. The molecule has 0 radical (unpaired) electrons. The monoisotopic (exact) mass is 292 g/mol. The first-order valence-corrected chi connectivity index (χ1v) is 6.57. The van der Waals surface area contributed by atoms with Gasteiger partial charge in [-0.1, -0.05) is 0 Å². The van der Waals surface area contributed by atoms with Crippen LogP contribution in [-0.2, 0) is 0 Å². The molecule has 0 bridgehead atoms. The Bertz CT molecular complexity index is 630. The van der Waals surface area contributed by atoms with E-state index in [1.54, 1.807) is 19.2 Å². The third-order valence-electron chi connectivity index (χ3n) is 3.40. The summed E-state index contributed by atoms with van der Waals surface area (Å²) in [7, 11) is 4.61. The molecule has 1 aromatic heterocycles. The average molecular weight is 292 g/mol. The summed E-state index contributed by atoms with van der Waals surface area (Å²) in [6, 6.07) is 5.31. The maximum absolute atomic E-state index is 10.6. The maximum Gasteiger partial charge on any atom is 0.203 e. The van der Waals surface area contributed by atoms with Crippen molar-refractivity contribution in [1.82, 2.24) is 0 Å². The second-order valence-corrected chi connectivity index (χ2v) is 4.69. The van der Waals surface area contributed by atoms with E-state index in [0.29, 0.717) is 34.1 Å². The number of benzene rings is 1. The number of furan rings is 1. The minimum absolute atomic E-state index is 0.447. The first kappa shape index (κ1) is 15.3. The Morgan fingerprint density at radius 3 is 2.10 bits per heavy atom. The molecule has 0 saturated heterocycles.